The van der Waals surface area contributed by atoms with Crippen LogP contribution >= 0.6 is 11.6 Å². The average molecular weight is 456 g/mol. The second-order valence-electron chi connectivity index (χ2n) is 7.83. The standard InChI is InChI=1S/C22H26ClN7O2/c1-12-17(23)7-16(21(32-4)19(12)15-9-27-29(10-15)5-6-31)14(3)30-22-20(13(2)28-30)18(8-24)25-11-26-22/h7-12,14,17,24,31H,5-6H2,1-4H3. The number of alkyl halides is 1. The molecule has 0 saturated heterocycles. The fourth-order valence-electron chi connectivity index (χ4n) is 4.27. The molecule has 3 heterocycles. The number of hydrogen-bond donors (Lipinski definition) is 2. The Balaban J connectivity index is 1.85. The zero-order valence-electron chi connectivity index (χ0n) is 18.4. The fourth-order valence-corrected chi connectivity index (χ4v) is 4.53. The summed E-state index contributed by atoms with van der Waals surface area (Å²) in [6, 6.07) is -0.231. The van der Waals surface area contributed by atoms with Gasteiger partial charge in [0, 0.05) is 35.0 Å². The molecule has 0 spiro atoms. The molecule has 0 fully saturated rings. The van der Waals surface area contributed by atoms with E-state index in [1.165, 1.54) is 12.5 Å². The maximum atomic E-state index is 9.24. The van der Waals surface area contributed by atoms with E-state index in [-0.39, 0.29) is 23.9 Å². The second-order valence-corrected chi connectivity index (χ2v) is 8.33. The van der Waals surface area contributed by atoms with Crippen molar-refractivity contribution in [2.45, 2.75) is 38.7 Å². The summed E-state index contributed by atoms with van der Waals surface area (Å²) < 4.78 is 9.45. The number of allylic oxidation sites excluding steroid dienone is 3. The number of halogens is 1. The predicted molar refractivity (Wildman–Crippen MR) is 123 cm³/mol. The normalized spacial score (nSPS) is 19.9. The molecule has 4 rings (SSSR count). The van der Waals surface area contributed by atoms with E-state index in [0.717, 1.165) is 33.5 Å². The summed E-state index contributed by atoms with van der Waals surface area (Å²) in [4.78, 5) is 8.63. The Hall–Kier alpha value is -3.04. The van der Waals surface area contributed by atoms with Crippen LogP contribution in [0.3, 0.4) is 0 Å². The van der Waals surface area contributed by atoms with Crippen LogP contribution in [-0.2, 0) is 11.3 Å². The molecule has 1 aliphatic rings. The fraction of sp³-hybridized carbons (Fsp3) is 0.409. The van der Waals surface area contributed by atoms with Crippen LogP contribution in [-0.4, -0.2) is 59.9 Å². The lowest BCUT2D eigenvalue weighted by Gasteiger charge is -2.31. The molecule has 168 valence electrons. The SMILES string of the molecule is COC1=C(c2cnn(CCO)c2)C(C)C(Cl)C=C1C(C)n1nc(C)c2c(C=N)ncnc21. The maximum absolute atomic E-state index is 9.24. The van der Waals surface area contributed by atoms with Crippen LogP contribution in [0.15, 0.2) is 36.1 Å². The Morgan fingerprint density at radius 3 is 2.84 bits per heavy atom. The van der Waals surface area contributed by atoms with Gasteiger partial charge in [0.25, 0.3) is 0 Å². The lowest BCUT2D eigenvalue weighted by atomic mass is 9.83. The van der Waals surface area contributed by atoms with Crippen LogP contribution in [0.2, 0.25) is 0 Å². The van der Waals surface area contributed by atoms with Gasteiger partial charge in [-0.15, -0.1) is 11.6 Å². The maximum Gasteiger partial charge on any atom is 0.162 e. The summed E-state index contributed by atoms with van der Waals surface area (Å²) in [6.45, 7) is 6.40. The number of methoxy groups -OCH3 is 1. The Morgan fingerprint density at radius 1 is 1.38 bits per heavy atom. The lowest BCUT2D eigenvalue weighted by Crippen LogP contribution is -2.24. The van der Waals surface area contributed by atoms with Crippen LogP contribution in [0.25, 0.3) is 16.6 Å². The second kappa shape index (κ2) is 8.84. The average Bonchev–Trinajstić information content (AvgIpc) is 3.39. The number of aromatic nitrogens is 6. The van der Waals surface area contributed by atoms with E-state index >= 15 is 0 Å². The number of aliphatic hydroxyl groups excluding tert-OH is 1. The zero-order valence-corrected chi connectivity index (χ0v) is 19.2. The summed E-state index contributed by atoms with van der Waals surface area (Å²) in [5.74, 6) is 0.727. The van der Waals surface area contributed by atoms with Crippen molar-refractivity contribution in [2.75, 3.05) is 13.7 Å². The molecular formula is C22H26ClN7O2. The quantitative estimate of drug-likeness (QED) is 0.418. The van der Waals surface area contributed by atoms with E-state index < -0.39 is 0 Å². The molecule has 0 aromatic carbocycles. The minimum absolute atomic E-state index is 0.00251. The van der Waals surface area contributed by atoms with Crippen molar-refractivity contribution in [1.29, 1.82) is 5.41 Å². The smallest absolute Gasteiger partial charge is 0.162 e. The molecule has 2 N–H and O–H groups in total. The van der Waals surface area contributed by atoms with E-state index in [1.807, 2.05) is 30.8 Å². The highest BCUT2D eigenvalue weighted by atomic mass is 35.5. The van der Waals surface area contributed by atoms with Gasteiger partial charge in [-0.25, -0.2) is 14.6 Å². The van der Waals surface area contributed by atoms with Gasteiger partial charge in [0.1, 0.15) is 12.1 Å². The topological polar surface area (TPSA) is 115 Å². The number of aryl methyl sites for hydroxylation is 1. The summed E-state index contributed by atoms with van der Waals surface area (Å²) in [5, 5.41) is 26.5. The Bertz CT molecular complexity index is 1230. The van der Waals surface area contributed by atoms with Crippen LogP contribution < -0.4 is 0 Å². The van der Waals surface area contributed by atoms with E-state index in [2.05, 4.69) is 22.0 Å². The minimum Gasteiger partial charge on any atom is -0.496 e. The summed E-state index contributed by atoms with van der Waals surface area (Å²) in [5.41, 5.74) is 4.71. The van der Waals surface area contributed by atoms with Gasteiger partial charge in [-0.1, -0.05) is 13.0 Å². The highest BCUT2D eigenvalue weighted by molar-refractivity contribution is 6.23. The molecule has 9 nitrogen and oxygen atoms in total. The highest BCUT2D eigenvalue weighted by Crippen LogP contribution is 2.43. The number of nitrogens with one attached hydrogen (secondary N) is 1. The van der Waals surface area contributed by atoms with Gasteiger partial charge in [-0.3, -0.25) is 4.68 Å². The first-order valence-electron chi connectivity index (χ1n) is 10.4. The van der Waals surface area contributed by atoms with Crippen LogP contribution in [0.4, 0.5) is 0 Å². The van der Waals surface area contributed by atoms with E-state index in [9.17, 15) is 5.11 Å². The third kappa shape index (κ3) is 3.61. The first-order chi connectivity index (χ1) is 15.4. The van der Waals surface area contributed by atoms with E-state index in [1.54, 1.807) is 18.0 Å². The van der Waals surface area contributed by atoms with Gasteiger partial charge in [-0.05, 0) is 13.8 Å². The highest BCUT2D eigenvalue weighted by Gasteiger charge is 2.34. The number of aliphatic hydroxyl groups is 1. The predicted octanol–water partition coefficient (Wildman–Crippen LogP) is 3.12. The summed E-state index contributed by atoms with van der Waals surface area (Å²) in [7, 11) is 1.65. The Labute approximate surface area is 190 Å². The van der Waals surface area contributed by atoms with Crippen LogP contribution in [0.1, 0.15) is 36.8 Å². The summed E-state index contributed by atoms with van der Waals surface area (Å²) >= 11 is 6.78. The van der Waals surface area contributed by atoms with Gasteiger partial charge in [0.15, 0.2) is 5.65 Å². The number of fused-ring (bicyclic) bond motifs is 1. The molecular weight excluding hydrogens is 430 g/mol. The number of rotatable bonds is 7. The molecule has 0 bridgehead atoms. The van der Waals surface area contributed by atoms with Crippen molar-refractivity contribution >= 4 is 34.4 Å². The van der Waals surface area contributed by atoms with Gasteiger partial charge in [-0.2, -0.15) is 10.2 Å². The van der Waals surface area contributed by atoms with Gasteiger partial charge in [0.2, 0.25) is 0 Å². The van der Waals surface area contributed by atoms with Crippen molar-refractivity contribution in [3.63, 3.8) is 0 Å². The van der Waals surface area contributed by atoms with Gasteiger partial charge < -0.3 is 15.3 Å². The number of hydrogen-bond acceptors (Lipinski definition) is 7. The van der Waals surface area contributed by atoms with Crippen LogP contribution in [0, 0.1) is 18.3 Å². The van der Waals surface area contributed by atoms with Crippen LogP contribution in [0.5, 0.6) is 0 Å². The van der Waals surface area contributed by atoms with Crippen molar-refractivity contribution in [2.24, 2.45) is 5.92 Å². The molecule has 0 aliphatic heterocycles. The van der Waals surface area contributed by atoms with E-state index in [4.69, 9.17) is 26.8 Å². The monoisotopic (exact) mass is 455 g/mol. The van der Waals surface area contributed by atoms with Crippen molar-refractivity contribution < 1.29 is 9.84 Å². The lowest BCUT2D eigenvalue weighted by molar-refractivity contribution is 0.269. The molecule has 3 atom stereocenters. The molecule has 3 unspecified atom stereocenters. The molecule has 3 aromatic heterocycles. The Kier molecular flexibility index (Phi) is 6.12. The molecule has 0 amide bonds. The van der Waals surface area contributed by atoms with Crippen molar-refractivity contribution in [1.82, 2.24) is 29.5 Å². The van der Waals surface area contributed by atoms with Gasteiger partial charge in [0.05, 0.1) is 54.7 Å². The van der Waals surface area contributed by atoms with E-state index in [0.29, 0.717) is 17.9 Å². The molecule has 3 aromatic rings. The number of ether oxygens (including phenoxy) is 1. The molecule has 10 heteroatoms. The molecule has 0 saturated carbocycles. The first-order valence-corrected chi connectivity index (χ1v) is 10.8. The summed E-state index contributed by atoms with van der Waals surface area (Å²) in [6.07, 6.45) is 8.35. The largest absolute Gasteiger partial charge is 0.496 e. The van der Waals surface area contributed by atoms with Crippen molar-refractivity contribution in [3.05, 3.63) is 53.1 Å². The zero-order chi connectivity index (χ0) is 23.0. The molecule has 1 aliphatic carbocycles. The molecule has 32 heavy (non-hydrogen) atoms. The first kappa shape index (κ1) is 22.2. The van der Waals surface area contributed by atoms with Gasteiger partial charge >= 0.3 is 0 Å². The number of nitrogens with zero attached hydrogens (tertiary/aromatic N) is 6. The Morgan fingerprint density at radius 2 is 2.16 bits per heavy atom. The van der Waals surface area contributed by atoms with Crippen molar-refractivity contribution in [3.8, 4) is 0 Å². The third-order valence-electron chi connectivity index (χ3n) is 5.90. The third-order valence-corrected chi connectivity index (χ3v) is 6.41. The minimum atomic E-state index is -0.253. The molecule has 0 radical (unpaired) electrons.